The van der Waals surface area contributed by atoms with Crippen molar-refractivity contribution >= 4 is 12.3 Å². The van der Waals surface area contributed by atoms with Gasteiger partial charge in [0.25, 0.3) is 0 Å². The summed E-state index contributed by atoms with van der Waals surface area (Å²) in [5.41, 5.74) is 2.07. The van der Waals surface area contributed by atoms with Gasteiger partial charge in [0.05, 0.1) is 5.41 Å². The molecule has 0 bridgehead atoms. The first-order valence-electron chi connectivity index (χ1n) is 7.71. The highest BCUT2D eigenvalue weighted by molar-refractivity contribution is 5.78. The van der Waals surface area contributed by atoms with Gasteiger partial charge in [0, 0.05) is 24.5 Å². The van der Waals surface area contributed by atoms with Gasteiger partial charge < -0.3 is 14.6 Å². The van der Waals surface area contributed by atoms with Gasteiger partial charge in [0.1, 0.15) is 12.0 Å². The van der Waals surface area contributed by atoms with Crippen LogP contribution in [0.25, 0.3) is 0 Å². The molecule has 0 saturated heterocycles. The lowest BCUT2D eigenvalue weighted by Gasteiger charge is -2.28. The molecule has 0 aromatic heterocycles. The number of hydrogen-bond donors (Lipinski definition) is 1. The normalized spacial score (nSPS) is 11.3. The SMILES string of the molecule is CO.Cc1cc(C)c(C(C)(C)CC=O)c(OC(=O)C(C)(C)C)c1. The fourth-order valence-electron chi connectivity index (χ4n) is 2.44. The Kier molecular flexibility index (Phi) is 7.65. The Balaban J connectivity index is 0.00000232. The van der Waals surface area contributed by atoms with Crippen molar-refractivity contribution < 1.29 is 19.4 Å². The molecule has 4 heteroatoms. The number of esters is 1. The van der Waals surface area contributed by atoms with E-state index in [1.54, 1.807) is 0 Å². The number of aldehydes is 1. The van der Waals surface area contributed by atoms with E-state index in [-0.39, 0.29) is 11.4 Å². The second kappa shape index (κ2) is 8.25. The van der Waals surface area contributed by atoms with Crippen LogP contribution in [0.4, 0.5) is 0 Å². The lowest BCUT2D eigenvalue weighted by atomic mass is 9.78. The van der Waals surface area contributed by atoms with Crippen molar-refractivity contribution in [2.75, 3.05) is 7.11 Å². The first-order chi connectivity index (χ1) is 10.5. The number of ether oxygens (including phenoxy) is 1. The van der Waals surface area contributed by atoms with Crippen LogP contribution in [0.15, 0.2) is 12.1 Å². The summed E-state index contributed by atoms with van der Waals surface area (Å²) in [6.07, 6.45) is 1.30. The van der Waals surface area contributed by atoms with E-state index >= 15 is 0 Å². The number of rotatable bonds is 4. The molecule has 23 heavy (non-hydrogen) atoms. The minimum atomic E-state index is -0.566. The van der Waals surface area contributed by atoms with Crippen molar-refractivity contribution in [3.63, 3.8) is 0 Å². The molecule has 4 nitrogen and oxygen atoms in total. The van der Waals surface area contributed by atoms with Gasteiger partial charge in [-0.05, 0) is 51.8 Å². The Morgan fingerprint density at radius 3 is 2.09 bits per heavy atom. The van der Waals surface area contributed by atoms with Gasteiger partial charge in [-0.15, -0.1) is 0 Å². The van der Waals surface area contributed by atoms with Crippen LogP contribution in [0, 0.1) is 19.3 Å². The predicted molar refractivity (Wildman–Crippen MR) is 92.9 cm³/mol. The molecular weight excluding hydrogens is 292 g/mol. The molecule has 0 radical (unpaired) electrons. The van der Waals surface area contributed by atoms with Gasteiger partial charge in [0.2, 0.25) is 0 Å². The smallest absolute Gasteiger partial charge is 0.316 e. The second-order valence-corrected chi connectivity index (χ2v) is 7.35. The third kappa shape index (κ3) is 5.79. The van der Waals surface area contributed by atoms with Crippen LogP contribution in [0.3, 0.4) is 0 Å². The summed E-state index contributed by atoms with van der Waals surface area (Å²) in [7, 11) is 1.00. The Morgan fingerprint density at radius 2 is 1.65 bits per heavy atom. The predicted octanol–water partition coefficient (Wildman–Crippen LogP) is 3.73. The number of aliphatic hydroxyl groups is 1. The van der Waals surface area contributed by atoms with Crippen LogP contribution in [0.2, 0.25) is 0 Å². The van der Waals surface area contributed by atoms with Crippen molar-refractivity contribution in [3.8, 4) is 5.75 Å². The number of aryl methyl sites for hydroxylation is 2. The van der Waals surface area contributed by atoms with E-state index in [0.29, 0.717) is 12.2 Å². The van der Waals surface area contributed by atoms with Crippen LogP contribution >= 0.6 is 0 Å². The Labute approximate surface area is 139 Å². The van der Waals surface area contributed by atoms with Crippen molar-refractivity contribution in [3.05, 3.63) is 28.8 Å². The molecule has 0 fully saturated rings. The Bertz CT molecular complexity index is 551. The number of aliphatic hydroxyl groups excluding tert-OH is 1. The maximum Gasteiger partial charge on any atom is 0.316 e. The molecule has 0 aliphatic rings. The van der Waals surface area contributed by atoms with Gasteiger partial charge >= 0.3 is 5.97 Å². The molecule has 1 aromatic rings. The van der Waals surface area contributed by atoms with E-state index in [1.165, 1.54) is 0 Å². The molecule has 130 valence electrons. The molecule has 1 rings (SSSR count). The van der Waals surface area contributed by atoms with E-state index < -0.39 is 5.41 Å². The number of carbonyl (C=O) groups excluding carboxylic acids is 2. The van der Waals surface area contributed by atoms with Gasteiger partial charge in [-0.3, -0.25) is 4.79 Å². The molecule has 1 N–H and O–H groups in total. The Morgan fingerprint density at radius 1 is 1.13 bits per heavy atom. The minimum absolute atomic E-state index is 0.268. The highest BCUT2D eigenvalue weighted by Crippen LogP contribution is 2.38. The fraction of sp³-hybridized carbons (Fsp3) is 0.579. The molecule has 0 heterocycles. The first kappa shape index (κ1) is 21.3. The van der Waals surface area contributed by atoms with Gasteiger partial charge in [-0.25, -0.2) is 0 Å². The van der Waals surface area contributed by atoms with Gasteiger partial charge in [-0.1, -0.05) is 19.9 Å². The Hall–Kier alpha value is -1.68. The van der Waals surface area contributed by atoms with Crippen molar-refractivity contribution in [2.45, 2.75) is 60.3 Å². The standard InChI is InChI=1S/C18H26O3.CH4O/c1-12-10-13(2)15(18(6,7)8-9-19)14(11-12)21-16(20)17(3,4)5;1-2/h9-11H,8H2,1-7H3;2H,1H3. The third-order valence-corrected chi connectivity index (χ3v) is 3.53. The van der Waals surface area contributed by atoms with E-state index in [9.17, 15) is 9.59 Å². The highest BCUT2D eigenvalue weighted by atomic mass is 16.5. The molecule has 0 aliphatic carbocycles. The number of benzene rings is 1. The fourth-order valence-corrected chi connectivity index (χ4v) is 2.44. The summed E-state index contributed by atoms with van der Waals surface area (Å²) in [5.74, 6) is 0.301. The van der Waals surface area contributed by atoms with Gasteiger partial charge in [0.15, 0.2) is 0 Å². The molecule has 0 saturated carbocycles. The molecule has 0 atom stereocenters. The van der Waals surface area contributed by atoms with Gasteiger partial charge in [-0.2, -0.15) is 0 Å². The van der Waals surface area contributed by atoms with Crippen LogP contribution in [-0.2, 0) is 15.0 Å². The summed E-state index contributed by atoms with van der Waals surface area (Å²) in [6, 6.07) is 3.93. The summed E-state index contributed by atoms with van der Waals surface area (Å²) >= 11 is 0. The third-order valence-electron chi connectivity index (χ3n) is 3.53. The minimum Gasteiger partial charge on any atom is -0.426 e. The number of carbonyl (C=O) groups is 2. The monoisotopic (exact) mass is 322 g/mol. The van der Waals surface area contributed by atoms with E-state index in [0.717, 1.165) is 30.1 Å². The molecule has 0 unspecified atom stereocenters. The summed E-state index contributed by atoms with van der Waals surface area (Å²) in [5, 5.41) is 7.00. The van der Waals surface area contributed by atoms with Crippen LogP contribution in [0.1, 0.15) is 57.7 Å². The van der Waals surface area contributed by atoms with Crippen molar-refractivity contribution in [2.24, 2.45) is 5.41 Å². The van der Waals surface area contributed by atoms with Crippen molar-refractivity contribution in [1.82, 2.24) is 0 Å². The zero-order chi connectivity index (χ0) is 18.4. The van der Waals surface area contributed by atoms with Crippen molar-refractivity contribution in [1.29, 1.82) is 0 Å². The molecule has 0 aliphatic heterocycles. The zero-order valence-corrected chi connectivity index (χ0v) is 15.6. The average Bonchev–Trinajstić information content (AvgIpc) is 2.38. The summed E-state index contributed by atoms with van der Waals surface area (Å²) in [6.45, 7) is 13.4. The summed E-state index contributed by atoms with van der Waals surface area (Å²) in [4.78, 5) is 23.2. The molecule has 1 aromatic carbocycles. The second-order valence-electron chi connectivity index (χ2n) is 7.35. The molecular formula is C19H30O4. The van der Waals surface area contributed by atoms with E-state index in [4.69, 9.17) is 9.84 Å². The first-order valence-corrected chi connectivity index (χ1v) is 7.71. The van der Waals surface area contributed by atoms with Crippen LogP contribution < -0.4 is 4.74 Å². The maximum absolute atomic E-state index is 12.2. The van der Waals surface area contributed by atoms with Crippen LogP contribution in [0.5, 0.6) is 5.75 Å². The highest BCUT2D eigenvalue weighted by Gasteiger charge is 2.30. The topological polar surface area (TPSA) is 63.6 Å². The lowest BCUT2D eigenvalue weighted by molar-refractivity contribution is -0.143. The maximum atomic E-state index is 12.2. The number of hydrogen-bond acceptors (Lipinski definition) is 4. The lowest BCUT2D eigenvalue weighted by Crippen LogP contribution is -2.28. The quantitative estimate of drug-likeness (QED) is 0.521. The van der Waals surface area contributed by atoms with E-state index in [1.807, 2.05) is 54.5 Å². The zero-order valence-electron chi connectivity index (χ0n) is 15.6. The largest absolute Gasteiger partial charge is 0.426 e. The summed E-state index contributed by atoms with van der Waals surface area (Å²) < 4.78 is 5.65. The van der Waals surface area contributed by atoms with Crippen LogP contribution in [-0.4, -0.2) is 24.5 Å². The van der Waals surface area contributed by atoms with E-state index in [2.05, 4.69) is 6.07 Å². The average molecular weight is 322 g/mol. The molecule has 0 spiro atoms. The molecule has 0 amide bonds.